The molecule has 1 unspecified atom stereocenters. The second-order valence-electron chi connectivity index (χ2n) is 1.18. The van der Waals surface area contributed by atoms with Crippen molar-refractivity contribution in [2.45, 2.75) is 13.0 Å². The van der Waals surface area contributed by atoms with Gasteiger partial charge in [0.2, 0.25) is 0 Å². The van der Waals surface area contributed by atoms with Gasteiger partial charge in [-0.3, -0.25) is 0 Å². The summed E-state index contributed by atoms with van der Waals surface area (Å²) in [7, 11) is 0. The van der Waals surface area contributed by atoms with E-state index >= 15 is 0 Å². The third-order valence-corrected chi connectivity index (χ3v) is 0.549. The van der Waals surface area contributed by atoms with Crippen LogP contribution in [0.25, 0.3) is 0 Å². The van der Waals surface area contributed by atoms with Crippen LogP contribution in [0.2, 0.25) is 0 Å². The standard InChI is InChI=1S/C5H8N2/c1-2-3-5(7)4-6/h2-3,5H,7H2,1H3. The van der Waals surface area contributed by atoms with Gasteiger partial charge in [0.25, 0.3) is 0 Å². The van der Waals surface area contributed by atoms with E-state index in [1.165, 1.54) is 0 Å². The van der Waals surface area contributed by atoms with Crippen LogP contribution >= 0.6 is 0 Å². The summed E-state index contributed by atoms with van der Waals surface area (Å²) in [6.07, 6.45) is 3.40. The van der Waals surface area contributed by atoms with E-state index in [0.717, 1.165) is 0 Å². The van der Waals surface area contributed by atoms with Gasteiger partial charge in [-0.05, 0) is 6.92 Å². The van der Waals surface area contributed by atoms with Gasteiger partial charge in [-0.25, -0.2) is 0 Å². The molecule has 0 aromatic rings. The fourth-order valence-electron chi connectivity index (χ4n) is 0.250. The van der Waals surface area contributed by atoms with Gasteiger partial charge in [0.1, 0.15) is 6.04 Å². The van der Waals surface area contributed by atoms with Crippen LogP contribution in [0.5, 0.6) is 0 Å². The summed E-state index contributed by atoms with van der Waals surface area (Å²) in [5, 5.41) is 8.04. The number of rotatable bonds is 1. The first kappa shape index (κ1) is 6.19. The van der Waals surface area contributed by atoms with Gasteiger partial charge < -0.3 is 5.73 Å². The molecule has 0 aromatic heterocycles. The highest BCUT2D eigenvalue weighted by atomic mass is 14.6. The van der Waals surface area contributed by atoms with E-state index in [4.69, 9.17) is 11.0 Å². The summed E-state index contributed by atoms with van der Waals surface area (Å²) >= 11 is 0. The Hall–Kier alpha value is -0.810. The molecule has 0 amide bonds. The molecule has 0 fully saturated rings. The summed E-state index contributed by atoms with van der Waals surface area (Å²) in [4.78, 5) is 0. The van der Waals surface area contributed by atoms with Crippen LogP contribution < -0.4 is 5.73 Å². The first-order valence-electron chi connectivity index (χ1n) is 2.09. The highest BCUT2D eigenvalue weighted by Crippen LogP contribution is 1.74. The number of allylic oxidation sites excluding steroid dienone is 1. The lowest BCUT2D eigenvalue weighted by atomic mass is 10.3. The van der Waals surface area contributed by atoms with Crippen LogP contribution in [-0.4, -0.2) is 6.04 Å². The molecule has 0 radical (unpaired) electrons. The lowest BCUT2D eigenvalue weighted by Crippen LogP contribution is -2.12. The maximum absolute atomic E-state index is 8.04. The third-order valence-electron chi connectivity index (χ3n) is 0.549. The van der Waals surface area contributed by atoms with Gasteiger partial charge in [-0.1, -0.05) is 12.2 Å². The number of nitrogens with two attached hydrogens (primary N) is 1. The zero-order valence-electron chi connectivity index (χ0n) is 4.26. The highest BCUT2D eigenvalue weighted by molar-refractivity contribution is 5.02. The minimum Gasteiger partial charge on any atom is -0.313 e. The Morgan fingerprint density at radius 2 is 2.43 bits per heavy atom. The van der Waals surface area contributed by atoms with Gasteiger partial charge in [-0.2, -0.15) is 5.26 Å². The Kier molecular flexibility index (Phi) is 2.99. The maximum Gasteiger partial charge on any atom is 0.111 e. The van der Waals surface area contributed by atoms with E-state index in [0.29, 0.717) is 0 Å². The number of nitriles is 1. The first-order chi connectivity index (χ1) is 3.31. The molecule has 2 heteroatoms. The quantitative estimate of drug-likeness (QED) is 0.481. The molecule has 0 saturated carbocycles. The number of hydrogen-bond donors (Lipinski definition) is 1. The molecular formula is C5H8N2. The van der Waals surface area contributed by atoms with E-state index < -0.39 is 6.04 Å². The molecule has 2 N–H and O–H groups in total. The second-order valence-corrected chi connectivity index (χ2v) is 1.18. The van der Waals surface area contributed by atoms with E-state index in [1.54, 1.807) is 12.2 Å². The summed E-state index contributed by atoms with van der Waals surface area (Å²) in [6.45, 7) is 1.83. The van der Waals surface area contributed by atoms with Crippen LogP contribution in [-0.2, 0) is 0 Å². The molecule has 38 valence electrons. The Balaban J connectivity index is 3.42. The van der Waals surface area contributed by atoms with Gasteiger partial charge in [0.15, 0.2) is 0 Å². The molecule has 0 saturated heterocycles. The Bertz CT molecular complexity index is 99.1. The summed E-state index contributed by atoms with van der Waals surface area (Å²) in [6, 6.07) is 1.43. The topological polar surface area (TPSA) is 49.8 Å². The third kappa shape index (κ3) is 3.01. The smallest absolute Gasteiger partial charge is 0.111 e. The number of nitrogens with zero attached hydrogens (tertiary/aromatic N) is 1. The molecular weight excluding hydrogens is 88.1 g/mol. The van der Waals surface area contributed by atoms with Crippen LogP contribution in [0.1, 0.15) is 6.92 Å². The minimum atomic E-state index is -0.426. The molecule has 0 heterocycles. The Morgan fingerprint density at radius 3 is 2.57 bits per heavy atom. The fraction of sp³-hybridized carbons (Fsp3) is 0.400. The summed E-state index contributed by atoms with van der Waals surface area (Å²) in [5.41, 5.74) is 5.14. The van der Waals surface area contributed by atoms with E-state index in [2.05, 4.69) is 0 Å². The van der Waals surface area contributed by atoms with Crippen LogP contribution in [0.3, 0.4) is 0 Å². The first-order valence-corrected chi connectivity index (χ1v) is 2.09. The van der Waals surface area contributed by atoms with Crippen molar-refractivity contribution in [3.63, 3.8) is 0 Å². The Morgan fingerprint density at radius 1 is 1.86 bits per heavy atom. The lowest BCUT2D eigenvalue weighted by molar-refractivity contribution is 1.04. The van der Waals surface area contributed by atoms with Crippen molar-refractivity contribution in [3.05, 3.63) is 12.2 Å². The Labute approximate surface area is 43.2 Å². The van der Waals surface area contributed by atoms with E-state index in [-0.39, 0.29) is 0 Å². The minimum absolute atomic E-state index is 0.426. The van der Waals surface area contributed by atoms with Crippen molar-refractivity contribution in [2.75, 3.05) is 0 Å². The molecule has 0 bridgehead atoms. The van der Waals surface area contributed by atoms with Crippen molar-refractivity contribution >= 4 is 0 Å². The van der Waals surface area contributed by atoms with Gasteiger partial charge in [-0.15, -0.1) is 0 Å². The van der Waals surface area contributed by atoms with Crippen LogP contribution in [0.4, 0.5) is 0 Å². The average molecular weight is 96.1 g/mol. The van der Waals surface area contributed by atoms with Crippen molar-refractivity contribution in [1.82, 2.24) is 0 Å². The summed E-state index contributed by atoms with van der Waals surface area (Å²) in [5.74, 6) is 0. The zero-order valence-corrected chi connectivity index (χ0v) is 4.26. The largest absolute Gasteiger partial charge is 0.313 e. The van der Waals surface area contributed by atoms with E-state index in [9.17, 15) is 0 Å². The molecule has 0 rings (SSSR count). The van der Waals surface area contributed by atoms with Gasteiger partial charge in [0.05, 0.1) is 6.07 Å². The zero-order chi connectivity index (χ0) is 5.70. The monoisotopic (exact) mass is 96.1 g/mol. The predicted molar refractivity (Wildman–Crippen MR) is 28.4 cm³/mol. The van der Waals surface area contributed by atoms with Crippen LogP contribution in [0, 0.1) is 11.3 Å². The van der Waals surface area contributed by atoms with Crippen molar-refractivity contribution in [3.8, 4) is 6.07 Å². The summed E-state index contributed by atoms with van der Waals surface area (Å²) < 4.78 is 0. The average Bonchev–Trinajstić information content (AvgIpc) is 1.68. The van der Waals surface area contributed by atoms with Crippen molar-refractivity contribution in [1.29, 1.82) is 5.26 Å². The van der Waals surface area contributed by atoms with Crippen molar-refractivity contribution < 1.29 is 0 Å². The number of hydrogen-bond acceptors (Lipinski definition) is 2. The lowest BCUT2D eigenvalue weighted by Gasteiger charge is -1.85. The molecule has 7 heavy (non-hydrogen) atoms. The van der Waals surface area contributed by atoms with Crippen molar-refractivity contribution in [2.24, 2.45) is 5.73 Å². The molecule has 0 aliphatic heterocycles. The molecule has 0 aliphatic carbocycles. The molecule has 0 aliphatic rings. The molecule has 1 atom stereocenters. The highest BCUT2D eigenvalue weighted by Gasteiger charge is 1.85. The normalized spacial score (nSPS) is 13.9. The second kappa shape index (κ2) is 3.38. The SMILES string of the molecule is CC=CC(N)C#N. The van der Waals surface area contributed by atoms with E-state index in [1.807, 2.05) is 13.0 Å². The maximum atomic E-state index is 8.04. The van der Waals surface area contributed by atoms with Gasteiger partial charge in [0, 0.05) is 0 Å². The van der Waals surface area contributed by atoms with Crippen LogP contribution in [0.15, 0.2) is 12.2 Å². The molecule has 2 nitrogen and oxygen atoms in total. The fourth-order valence-corrected chi connectivity index (χ4v) is 0.250. The molecule has 0 aromatic carbocycles. The predicted octanol–water partition coefficient (Wildman–Crippen LogP) is 0.413. The van der Waals surface area contributed by atoms with Gasteiger partial charge >= 0.3 is 0 Å². The molecule has 0 spiro atoms.